The van der Waals surface area contributed by atoms with Gasteiger partial charge in [0.1, 0.15) is 6.54 Å². The normalized spacial score (nSPS) is 11.8. The van der Waals surface area contributed by atoms with E-state index in [0.29, 0.717) is 10.2 Å². The first-order valence-electron chi connectivity index (χ1n) is 7.75. The van der Waals surface area contributed by atoms with Crippen molar-refractivity contribution < 1.29 is 13.2 Å². The van der Waals surface area contributed by atoms with Crippen molar-refractivity contribution >= 4 is 12.2 Å². The molecule has 0 aliphatic carbocycles. The molecule has 0 atom stereocenters. The molecule has 3 rings (SSSR count). The van der Waals surface area contributed by atoms with Crippen molar-refractivity contribution in [2.75, 3.05) is 0 Å². The molecule has 1 aromatic heterocycles. The fourth-order valence-electron chi connectivity index (χ4n) is 2.33. The molecule has 0 aliphatic heterocycles. The van der Waals surface area contributed by atoms with E-state index in [1.165, 1.54) is 0 Å². The molecule has 0 amide bonds. The Labute approximate surface area is 147 Å². The van der Waals surface area contributed by atoms with Crippen LogP contribution in [0.1, 0.15) is 11.1 Å². The highest BCUT2D eigenvalue weighted by Gasteiger charge is 2.29. The second kappa shape index (κ2) is 7.35. The second-order valence-electron chi connectivity index (χ2n) is 5.56. The van der Waals surface area contributed by atoms with Gasteiger partial charge in [0.25, 0.3) is 5.56 Å². The number of hydrogen-bond donors (Lipinski definition) is 0. The van der Waals surface area contributed by atoms with E-state index in [9.17, 15) is 18.0 Å². The minimum Gasteiger partial charge on any atom is -0.266 e. The maximum absolute atomic E-state index is 12.6. The zero-order valence-corrected chi connectivity index (χ0v) is 13.5. The van der Waals surface area contributed by atoms with Crippen LogP contribution < -0.4 is 5.56 Å². The fourth-order valence-corrected chi connectivity index (χ4v) is 2.33. The largest absolute Gasteiger partial charge is 0.408 e. The summed E-state index contributed by atoms with van der Waals surface area (Å²) in [4.78, 5) is 15.4. The van der Waals surface area contributed by atoms with Crippen LogP contribution in [-0.4, -0.2) is 20.9 Å². The van der Waals surface area contributed by atoms with E-state index >= 15 is 0 Å². The van der Waals surface area contributed by atoms with E-state index in [1.807, 2.05) is 48.6 Å². The fraction of sp³-hybridized carbons (Fsp3) is 0.105. The van der Waals surface area contributed by atoms with Crippen LogP contribution in [0.5, 0.6) is 0 Å². The standard InChI is InChI=1S/C19H14F3N3O/c20-19(21,22)13-25-17(26)12-23-18(24-25)16-8-4-7-15(11-16)10-9-14-5-2-1-3-6-14/h1-12H,13H2/b10-9-. The van der Waals surface area contributed by atoms with E-state index in [4.69, 9.17) is 0 Å². The van der Waals surface area contributed by atoms with E-state index in [-0.39, 0.29) is 5.82 Å². The number of nitrogens with zero attached hydrogens (tertiary/aromatic N) is 3. The van der Waals surface area contributed by atoms with Crippen molar-refractivity contribution in [2.45, 2.75) is 12.7 Å². The number of aromatic nitrogens is 3. The smallest absolute Gasteiger partial charge is 0.266 e. The summed E-state index contributed by atoms with van der Waals surface area (Å²) in [5.41, 5.74) is 1.48. The molecule has 1 heterocycles. The van der Waals surface area contributed by atoms with Crippen LogP contribution >= 0.6 is 0 Å². The number of benzene rings is 2. The molecule has 4 nitrogen and oxygen atoms in total. The summed E-state index contributed by atoms with van der Waals surface area (Å²) in [6.07, 6.45) is 0.116. The van der Waals surface area contributed by atoms with E-state index in [2.05, 4.69) is 10.1 Å². The average molecular weight is 357 g/mol. The molecule has 0 bridgehead atoms. The molecule has 26 heavy (non-hydrogen) atoms. The highest BCUT2D eigenvalue weighted by Crippen LogP contribution is 2.19. The lowest BCUT2D eigenvalue weighted by Crippen LogP contribution is -2.30. The summed E-state index contributed by atoms with van der Waals surface area (Å²) in [5.74, 6) is 0.0591. The maximum atomic E-state index is 12.6. The Kier molecular flexibility index (Phi) is 4.97. The van der Waals surface area contributed by atoms with Crippen molar-refractivity contribution in [1.29, 1.82) is 0 Å². The van der Waals surface area contributed by atoms with Gasteiger partial charge in [-0.15, -0.1) is 5.10 Å². The lowest BCUT2D eigenvalue weighted by atomic mass is 10.1. The van der Waals surface area contributed by atoms with Gasteiger partial charge in [-0.3, -0.25) is 4.79 Å². The van der Waals surface area contributed by atoms with Gasteiger partial charge in [0.15, 0.2) is 5.82 Å². The Balaban J connectivity index is 1.90. The predicted molar refractivity (Wildman–Crippen MR) is 93.2 cm³/mol. The van der Waals surface area contributed by atoms with E-state index < -0.39 is 18.3 Å². The SMILES string of the molecule is O=c1cnc(-c2cccc(/C=C\c3ccccc3)c2)nn1CC(F)(F)F. The van der Waals surface area contributed by atoms with Crippen molar-refractivity contribution in [3.05, 3.63) is 82.3 Å². The molecule has 0 aliphatic rings. The molecule has 132 valence electrons. The summed E-state index contributed by atoms with van der Waals surface area (Å²) in [6.45, 7) is -1.45. The third-order valence-electron chi connectivity index (χ3n) is 3.51. The van der Waals surface area contributed by atoms with E-state index in [0.717, 1.165) is 17.3 Å². The zero-order valence-electron chi connectivity index (χ0n) is 13.5. The lowest BCUT2D eigenvalue weighted by molar-refractivity contribution is -0.143. The highest BCUT2D eigenvalue weighted by atomic mass is 19.4. The number of alkyl halides is 3. The first kappa shape index (κ1) is 17.6. The molecular weight excluding hydrogens is 343 g/mol. The van der Waals surface area contributed by atoms with Gasteiger partial charge in [0.2, 0.25) is 0 Å². The van der Waals surface area contributed by atoms with Gasteiger partial charge in [-0.2, -0.15) is 13.2 Å². The summed E-state index contributed by atoms with van der Waals surface area (Å²) in [6, 6.07) is 16.7. The third-order valence-corrected chi connectivity index (χ3v) is 3.51. The maximum Gasteiger partial charge on any atom is 0.408 e. The number of hydrogen-bond acceptors (Lipinski definition) is 3. The molecule has 0 spiro atoms. The summed E-state index contributed by atoms with van der Waals surface area (Å²) < 4.78 is 38.0. The van der Waals surface area contributed by atoms with Crippen molar-refractivity contribution in [3.63, 3.8) is 0 Å². The number of halogens is 3. The topological polar surface area (TPSA) is 47.8 Å². The average Bonchev–Trinajstić information content (AvgIpc) is 2.62. The Morgan fingerprint density at radius 2 is 1.65 bits per heavy atom. The molecule has 0 fully saturated rings. The third kappa shape index (κ3) is 4.66. The van der Waals surface area contributed by atoms with E-state index in [1.54, 1.807) is 18.2 Å². The molecule has 2 aromatic carbocycles. The molecular formula is C19H14F3N3O. The first-order valence-corrected chi connectivity index (χ1v) is 7.75. The van der Waals surface area contributed by atoms with Crippen LogP contribution in [0.3, 0.4) is 0 Å². The van der Waals surface area contributed by atoms with Gasteiger partial charge in [0.05, 0.1) is 6.20 Å². The quantitative estimate of drug-likeness (QED) is 0.662. The molecule has 3 aromatic rings. The molecule has 0 radical (unpaired) electrons. The van der Waals surface area contributed by atoms with Crippen molar-refractivity contribution in [1.82, 2.24) is 14.8 Å². The minimum absolute atomic E-state index is 0.0591. The summed E-state index contributed by atoms with van der Waals surface area (Å²) in [5, 5.41) is 3.74. The Morgan fingerprint density at radius 1 is 0.962 bits per heavy atom. The highest BCUT2D eigenvalue weighted by molar-refractivity contribution is 5.72. The van der Waals surface area contributed by atoms with Gasteiger partial charge in [-0.05, 0) is 17.2 Å². The van der Waals surface area contributed by atoms with Crippen LogP contribution in [0.4, 0.5) is 13.2 Å². The minimum atomic E-state index is -4.53. The molecule has 0 saturated heterocycles. The van der Waals surface area contributed by atoms with Crippen LogP contribution in [0.25, 0.3) is 23.5 Å². The summed E-state index contributed by atoms with van der Waals surface area (Å²) in [7, 11) is 0. The summed E-state index contributed by atoms with van der Waals surface area (Å²) >= 11 is 0. The van der Waals surface area contributed by atoms with Gasteiger partial charge >= 0.3 is 6.18 Å². The number of rotatable bonds is 4. The van der Waals surface area contributed by atoms with Gasteiger partial charge in [-0.25, -0.2) is 9.67 Å². The van der Waals surface area contributed by atoms with Crippen LogP contribution in [-0.2, 0) is 6.54 Å². The molecule has 0 unspecified atom stereocenters. The van der Waals surface area contributed by atoms with Gasteiger partial charge in [-0.1, -0.05) is 60.7 Å². The lowest BCUT2D eigenvalue weighted by Gasteiger charge is -2.09. The molecule has 0 saturated carbocycles. The van der Waals surface area contributed by atoms with Crippen LogP contribution in [0.2, 0.25) is 0 Å². The van der Waals surface area contributed by atoms with Crippen LogP contribution in [0.15, 0.2) is 65.6 Å². The second-order valence-corrected chi connectivity index (χ2v) is 5.56. The van der Waals surface area contributed by atoms with Crippen molar-refractivity contribution in [2.24, 2.45) is 0 Å². The Bertz CT molecular complexity index is 979. The predicted octanol–water partition coefficient (Wildman–Crippen LogP) is 4.04. The monoisotopic (exact) mass is 357 g/mol. The zero-order chi connectivity index (χ0) is 18.6. The van der Waals surface area contributed by atoms with Gasteiger partial charge < -0.3 is 0 Å². The molecule has 7 heteroatoms. The van der Waals surface area contributed by atoms with Gasteiger partial charge in [0, 0.05) is 5.56 Å². The van der Waals surface area contributed by atoms with Crippen LogP contribution in [0, 0.1) is 0 Å². The first-order chi connectivity index (χ1) is 12.4. The Hall–Kier alpha value is -3.22. The van der Waals surface area contributed by atoms with Crippen molar-refractivity contribution in [3.8, 4) is 11.4 Å². The Morgan fingerprint density at radius 3 is 2.38 bits per heavy atom. The molecule has 0 N–H and O–H groups in total.